The summed E-state index contributed by atoms with van der Waals surface area (Å²) in [7, 11) is 0. The van der Waals surface area contributed by atoms with Gasteiger partial charge in [0.2, 0.25) is 0 Å². The molecule has 0 spiro atoms. The number of carbonyl (C=O) groups excluding carboxylic acids is 1. The van der Waals surface area contributed by atoms with Gasteiger partial charge in [-0.15, -0.1) is 11.3 Å². The molecule has 2 nitrogen and oxygen atoms in total. The van der Waals surface area contributed by atoms with Crippen LogP contribution in [-0.2, 0) is 0 Å². The lowest BCUT2D eigenvalue weighted by Gasteiger charge is -2.02. The Kier molecular flexibility index (Phi) is 7.40. The SMILES string of the molecule is O=C(NCCCCCCI)c1ccc(Cl)s1. The van der Waals surface area contributed by atoms with Crippen LogP contribution in [0.1, 0.15) is 35.4 Å². The van der Waals surface area contributed by atoms with E-state index in [0.29, 0.717) is 9.21 Å². The number of unbranched alkanes of at least 4 members (excludes halogenated alkanes) is 3. The number of amides is 1. The van der Waals surface area contributed by atoms with Gasteiger partial charge in [-0.05, 0) is 29.4 Å². The van der Waals surface area contributed by atoms with Crippen molar-refractivity contribution in [1.82, 2.24) is 5.32 Å². The molecule has 0 saturated heterocycles. The molecule has 0 fully saturated rings. The van der Waals surface area contributed by atoms with E-state index in [1.165, 1.54) is 35.0 Å². The molecule has 1 heterocycles. The fraction of sp³-hybridized carbons (Fsp3) is 0.545. The molecule has 1 rings (SSSR count). The maximum atomic E-state index is 11.6. The first-order valence-corrected chi connectivity index (χ1v) is 8.05. The van der Waals surface area contributed by atoms with Crippen LogP contribution in [-0.4, -0.2) is 16.9 Å². The molecular weight excluding hydrogens is 357 g/mol. The minimum absolute atomic E-state index is 0.00853. The topological polar surface area (TPSA) is 29.1 Å². The summed E-state index contributed by atoms with van der Waals surface area (Å²) in [5, 5.41) is 2.90. The summed E-state index contributed by atoms with van der Waals surface area (Å²) in [5.74, 6) is -0.00853. The first-order chi connectivity index (χ1) is 7.74. The molecule has 0 unspecified atom stereocenters. The Balaban J connectivity index is 2.11. The van der Waals surface area contributed by atoms with E-state index in [-0.39, 0.29) is 5.91 Å². The van der Waals surface area contributed by atoms with Crippen LogP contribution in [0.2, 0.25) is 4.34 Å². The summed E-state index contributed by atoms with van der Waals surface area (Å²) in [6, 6.07) is 3.51. The van der Waals surface area contributed by atoms with Gasteiger partial charge in [-0.25, -0.2) is 0 Å². The largest absolute Gasteiger partial charge is 0.351 e. The van der Waals surface area contributed by atoms with Gasteiger partial charge in [-0.2, -0.15) is 0 Å². The lowest BCUT2D eigenvalue weighted by molar-refractivity contribution is 0.0957. The van der Waals surface area contributed by atoms with Gasteiger partial charge in [0, 0.05) is 6.54 Å². The molecule has 0 aromatic carbocycles. The standard InChI is InChI=1S/C11H15ClINOS/c12-10-6-5-9(16-10)11(15)14-8-4-2-1-3-7-13/h5-6H,1-4,7-8H2,(H,14,15). The van der Waals surface area contributed by atoms with Gasteiger partial charge < -0.3 is 5.32 Å². The van der Waals surface area contributed by atoms with E-state index >= 15 is 0 Å². The molecule has 0 aliphatic heterocycles. The lowest BCUT2D eigenvalue weighted by Crippen LogP contribution is -2.23. The minimum Gasteiger partial charge on any atom is -0.351 e. The van der Waals surface area contributed by atoms with Crippen LogP contribution in [0.3, 0.4) is 0 Å². The zero-order valence-corrected chi connectivity index (χ0v) is 12.7. The molecule has 90 valence electrons. The predicted molar refractivity (Wildman–Crippen MR) is 79.0 cm³/mol. The Morgan fingerprint density at radius 3 is 2.69 bits per heavy atom. The van der Waals surface area contributed by atoms with Crippen LogP contribution in [0.4, 0.5) is 0 Å². The van der Waals surface area contributed by atoms with Gasteiger partial charge >= 0.3 is 0 Å². The average molecular weight is 372 g/mol. The molecule has 16 heavy (non-hydrogen) atoms. The van der Waals surface area contributed by atoms with E-state index < -0.39 is 0 Å². The molecule has 0 atom stereocenters. The van der Waals surface area contributed by atoms with Crippen molar-refractivity contribution in [3.8, 4) is 0 Å². The fourth-order valence-electron chi connectivity index (χ4n) is 1.30. The van der Waals surface area contributed by atoms with E-state index in [1.54, 1.807) is 12.1 Å². The van der Waals surface area contributed by atoms with Crippen LogP contribution < -0.4 is 5.32 Å². The van der Waals surface area contributed by atoms with Crippen molar-refractivity contribution >= 4 is 51.4 Å². The third kappa shape index (κ3) is 5.50. The highest BCUT2D eigenvalue weighted by Crippen LogP contribution is 2.21. The van der Waals surface area contributed by atoms with Crippen molar-refractivity contribution in [2.75, 3.05) is 11.0 Å². The molecule has 1 aromatic heterocycles. The number of nitrogens with one attached hydrogen (secondary N) is 1. The summed E-state index contributed by atoms with van der Waals surface area (Å²) >= 11 is 9.47. The third-order valence-electron chi connectivity index (χ3n) is 2.14. The zero-order valence-electron chi connectivity index (χ0n) is 8.97. The van der Waals surface area contributed by atoms with Crippen molar-refractivity contribution in [2.24, 2.45) is 0 Å². The Bertz CT molecular complexity index is 330. The molecule has 0 saturated carbocycles. The van der Waals surface area contributed by atoms with Crippen LogP contribution in [0.15, 0.2) is 12.1 Å². The number of halogens is 2. The van der Waals surface area contributed by atoms with Gasteiger partial charge in [0.25, 0.3) is 5.91 Å². The second-order valence-corrected chi connectivity index (χ2v) is 6.26. The first kappa shape index (κ1) is 14.3. The maximum Gasteiger partial charge on any atom is 0.261 e. The molecular formula is C11H15ClINOS. The van der Waals surface area contributed by atoms with Gasteiger partial charge in [0.05, 0.1) is 9.21 Å². The predicted octanol–water partition coefficient (Wildman–Crippen LogP) is 4.13. The second-order valence-electron chi connectivity index (χ2n) is 3.46. The number of alkyl halides is 1. The lowest BCUT2D eigenvalue weighted by atomic mass is 10.2. The smallest absolute Gasteiger partial charge is 0.261 e. The summed E-state index contributed by atoms with van der Waals surface area (Å²) in [6.07, 6.45) is 4.77. The molecule has 0 bridgehead atoms. The van der Waals surface area contributed by atoms with E-state index in [0.717, 1.165) is 13.0 Å². The minimum atomic E-state index is -0.00853. The summed E-state index contributed by atoms with van der Waals surface area (Å²) < 4.78 is 1.88. The van der Waals surface area contributed by atoms with Crippen molar-refractivity contribution in [1.29, 1.82) is 0 Å². The van der Waals surface area contributed by atoms with Gasteiger partial charge in [-0.3, -0.25) is 4.79 Å². The Morgan fingerprint density at radius 1 is 1.31 bits per heavy atom. The van der Waals surface area contributed by atoms with Crippen molar-refractivity contribution in [3.05, 3.63) is 21.3 Å². The first-order valence-electron chi connectivity index (χ1n) is 5.33. The second kappa shape index (κ2) is 8.31. The number of rotatable bonds is 7. The van der Waals surface area contributed by atoms with Crippen LogP contribution >= 0.6 is 45.5 Å². The molecule has 1 N–H and O–H groups in total. The summed E-state index contributed by atoms with van der Waals surface area (Å²) in [6.45, 7) is 0.760. The number of carbonyl (C=O) groups is 1. The molecule has 1 amide bonds. The van der Waals surface area contributed by atoms with Gasteiger partial charge in [-0.1, -0.05) is 47.0 Å². The van der Waals surface area contributed by atoms with Crippen LogP contribution in [0, 0.1) is 0 Å². The number of thiophene rings is 1. The van der Waals surface area contributed by atoms with E-state index in [4.69, 9.17) is 11.6 Å². The summed E-state index contributed by atoms with van der Waals surface area (Å²) in [5.41, 5.74) is 0. The van der Waals surface area contributed by atoms with Crippen molar-refractivity contribution in [2.45, 2.75) is 25.7 Å². The Hall–Kier alpha value is 0.190. The van der Waals surface area contributed by atoms with Crippen LogP contribution in [0.5, 0.6) is 0 Å². The molecule has 0 aliphatic carbocycles. The quantitative estimate of drug-likeness (QED) is 0.436. The van der Waals surface area contributed by atoms with Gasteiger partial charge in [0.1, 0.15) is 0 Å². The maximum absolute atomic E-state index is 11.6. The zero-order chi connectivity index (χ0) is 11.8. The highest BCUT2D eigenvalue weighted by molar-refractivity contribution is 14.1. The Labute approximate surface area is 119 Å². The molecule has 0 radical (unpaired) electrons. The number of hydrogen-bond donors (Lipinski definition) is 1. The normalized spacial score (nSPS) is 10.4. The highest BCUT2D eigenvalue weighted by Gasteiger charge is 2.06. The van der Waals surface area contributed by atoms with Crippen LogP contribution in [0.25, 0.3) is 0 Å². The highest BCUT2D eigenvalue weighted by atomic mass is 127. The molecule has 5 heteroatoms. The third-order valence-corrected chi connectivity index (χ3v) is 4.14. The molecule has 1 aromatic rings. The monoisotopic (exact) mass is 371 g/mol. The average Bonchev–Trinajstić information content (AvgIpc) is 2.70. The fourth-order valence-corrected chi connectivity index (χ4v) is 2.80. The van der Waals surface area contributed by atoms with E-state index in [2.05, 4.69) is 27.9 Å². The Morgan fingerprint density at radius 2 is 2.06 bits per heavy atom. The van der Waals surface area contributed by atoms with Crippen molar-refractivity contribution in [3.63, 3.8) is 0 Å². The number of hydrogen-bond acceptors (Lipinski definition) is 2. The van der Waals surface area contributed by atoms with Crippen molar-refractivity contribution < 1.29 is 4.79 Å². The van der Waals surface area contributed by atoms with Gasteiger partial charge in [0.15, 0.2) is 0 Å². The van der Waals surface area contributed by atoms with E-state index in [9.17, 15) is 4.79 Å². The summed E-state index contributed by atoms with van der Waals surface area (Å²) in [4.78, 5) is 12.3. The molecule has 0 aliphatic rings. The van der Waals surface area contributed by atoms with E-state index in [1.807, 2.05) is 0 Å².